The zero-order valence-corrected chi connectivity index (χ0v) is 7.36. The van der Waals surface area contributed by atoms with Gasteiger partial charge < -0.3 is 9.84 Å². The van der Waals surface area contributed by atoms with Crippen LogP contribution >= 0.6 is 0 Å². The second-order valence-electron chi connectivity index (χ2n) is 3.29. The van der Waals surface area contributed by atoms with Crippen LogP contribution < -0.4 is 5.32 Å². The standard InChI is InChI=1S/C10H13NO2/c12-10-3-1-8(2-4-10)5-9-6-13-7-11-9/h1-4,9,11-12H,5-7H2/t9-/m0/s1. The first kappa shape index (κ1) is 8.53. The fraction of sp³-hybridized carbons (Fsp3) is 0.400. The Morgan fingerprint density at radius 3 is 2.77 bits per heavy atom. The average Bonchev–Trinajstić information content (AvgIpc) is 2.62. The summed E-state index contributed by atoms with van der Waals surface area (Å²) >= 11 is 0. The topological polar surface area (TPSA) is 41.5 Å². The first-order valence-electron chi connectivity index (χ1n) is 4.43. The minimum Gasteiger partial charge on any atom is -0.508 e. The summed E-state index contributed by atoms with van der Waals surface area (Å²) in [6.45, 7) is 1.43. The van der Waals surface area contributed by atoms with E-state index in [9.17, 15) is 0 Å². The van der Waals surface area contributed by atoms with Crippen LogP contribution in [0.5, 0.6) is 5.75 Å². The van der Waals surface area contributed by atoms with Gasteiger partial charge in [0.2, 0.25) is 0 Å². The SMILES string of the molecule is Oc1ccc(C[C@H]2COCN2)cc1. The molecule has 1 aliphatic rings. The number of hydrogen-bond acceptors (Lipinski definition) is 3. The number of phenolic OH excluding ortho intramolecular Hbond substituents is 1. The molecule has 0 radical (unpaired) electrons. The largest absolute Gasteiger partial charge is 0.508 e. The van der Waals surface area contributed by atoms with Crippen molar-refractivity contribution < 1.29 is 9.84 Å². The molecule has 1 saturated heterocycles. The molecule has 1 atom stereocenters. The summed E-state index contributed by atoms with van der Waals surface area (Å²) in [5.74, 6) is 0.319. The van der Waals surface area contributed by atoms with Crippen LogP contribution in [-0.2, 0) is 11.2 Å². The first-order valence-corrected chi connectivity index (χ1v) is 4.43. The average molecular weight is 179 g/mol. The second kappa shape index (κ2) is 3.77. The predicted molar refractivity (Wildman–Crippen MR) is 49.6 cm³/mol. The van der Waals surface area contributed by atoms with Gasteiger partial charge in [-0.3, -0.25) is 5.32 Å². The van der Waals surface area contributed by atoms with E-state index in [0.29, 0.717) is 18.5 Å². The zero-order valence-electron chi connectivity index (χ0n) is 7.36. The highest BCUT2D eigenvalue weighted by Crippen LogP contribution is 2.12. The van der Waals surface area contributed by atoms with E-state index in [1.165, 1.54) is 5.56 Å². The van der Waals surface area contributed by atoms with E-state index < -0.39 is 0 Å². The molecule has 1 aliphatic heterocycles. The van der Waals surface area contributed by atoms with Crippen molar-refractivity contribution in [1.82, 2.24) is 5.32 Å². The maximum Gasteiger partial charge on any atom is 0.115 e. The molecule has 1 aromatic carbocycles. The molecule has 0 bridgehead atoms. The van der Waals surface area contributed by atoms with E-state index in [1.807, 2.05) is 12.1 Å². The van der Waals surface area contributed by atoms with Crippen molar-refractivity contribution in [1.29, 1.82) is 0 Å². The maximum absolute atomic E-state index is 9.08. The van der Waals surface area contributed by atoms with Gasteiger partial charge in [-0.1, -0.05) is 12.1 Å². The molecule has 0 amide bonds. The fourth-order valence-electron chi connectivity index (χ4n) is 1.48. The lowest BCUT2D eigenvalue weighted by atomic mass is 10.1. The van der Waals surface area contributed by atoms with Gasteiger partial charge in [-0.25, -0.2) is 0 Å². The highest BCUT2D eigenvalue weighted by molar-refractivity contribution is 5.26. The number of hydrogen-bond donors (Lipinski definition) is 2. The van der Waals surface area contributed by atoms with Gasteiger partial charge in [0.25, 0.3) is 0 Å². The summed E-state index contributed by atoms with van der Waals surface area (Å²) < 4.78 is 5.19. The number of nitrogens with one attached hydrogen (secondary N) is 1. The highest BCUT2D eigenvalue weighted by Gasteiger charge is 2.14. The van der Waals surface area contributed by atoms with Gasteiger partial charge in [-0.2, -0.15) is 0 Å². The molecular formula is C10H13NO2. The number of ether oxygens (including phenoxy) is 1. The predicted octanol–water partition coefficient (Wildman–Crippen LogP) is 0.881. The number of benzene rings is 1. The van der Waals surface area contributed by atoms with Gasteiger partial charge >= 0.3 is 0 Å². The molecule has 2 N–H and O–H groups in total. The molecule has 70 valence electrons. The van der Waals surface area contributed by atoms with E-state index in [-0.39, 0.29) is 0 Å². The Morgan fingerprint density at radius 2 is 2.15 bits per heavy atom. The maximum atomic E-state index is 9.08. The highest BCUT2D eigenvalue weighted by atomic mass is 16.5. The van der Waals surface area contributed by atoms with E-state index in [1.54, 1.807) is 12.1 Å². The van der Waals surface area contributed by atoms with Crippen molar-refractivity contribution in [3.8, 4) is 5.75 Å². The first-order chi connectivity index (χ1) is 6.34. The van der Waals surface area contributed by atoms with Gasteiger partial charge in [0.05, 0.1) is 13.3 Å². The lowest BCUT2D eigenvalue weighted by molar-refractivity contribution is 0.189. The Hall–Kier alpha value is -1.06. The molecule has 0 spiro atoms. The third-order valence-electron chi connectivity index (χ3n) is 2.21. The van der Waals surface area contributed by atoms with Crippen molar-refractivity contribution >= 4 is 0 Å². The van der Waals surface area contributed by atoms with Crippen LogP contribution in [0.1, 0.15) is 5.56 Å². The van der Waals surface area contributed by atoms with Crippen LogP contribution in [0.25, 0.3) is 0 Å². The van der Waals surface area contributed by atoms with Crippen molar-refractivity contribution in [2.24, 2.45) is 0 Å². The molecule has 1 fully saturated rings. The van der Waals surface area contributed by atoms with Crippen molar-refractivity contribution in [3.05, 3.63) is 29.8 Å². The van der Waals surface area contributed by atoms with Crippen molar-refractivity contribution in [2.75, 3.05) is 13.3 Å². The lowest BCUT2D eigenvalue weighted by Crippen LogP contribution is -2.25. The molecule has 1 heterocycles. The fourth-order valence-corrected chi connectivity index (χ4v) is 1.48. The molecule has 3 heteroatoms. The van der Waals surface area contributed by atoms with E-state index >= 15 is 0 Å². The van der Waals surface area contributed by atoms with Crippen LogP contribution in [0.2, 0.25) is 0 Å². The number of rotatable bonds is 2. The summed E-state index contributed by atoms with van der Waals surface area (Å²) in [6.07, 6.45) is 0.959. The van der Waals surface area contributed by atoms with Crippen LogP contribution in [0, 0.1) is 0 Å². The Labute approximate surface area is 77.3 Å². The Morgan fingerprint density at radius 1 is 1.38 bits per heavy atom. The van der Waals surface area contributed by atoms with Crippen LogP contribution in [0.3, 0.4) is 0 Å². The van der Waals surface area contributed by atoms with Gasteiger partial charge in [-0.15, -0.1) is 0 Å². The summed E-state index contributed by atoms with van der Waals surface area (Å²) in [7, 11) is 0. The Bertz CT molecular complexity index is 265. The van der Waals surface area contributed by atoms with Crippen LogP contribution in [0.15, 0.2) is 24.3 Å². The second-order valence-corrected chi connectivity index (χ2v) is 3.29. The summed E-state index contributed by atoms with van der Waals surface area (Å²) in [6, 6.07) is 7.73. The molecule has 3 nitrogen and oxygen atoms in total. The Kier molecular flexibility index (Phi) is 2.47. The van der Waals surface area contributed by atoms with Crippen LogP contribution in [0.4, 0.5) is 0 Å². The molecule has 0 aromatic heterocycles. The van der Waals surface area contributed by atoms with Gasteiger partial charge in [0.1, 0.15) is 5.75 Å². The van der Waals surface area contributed by atoms with Crippen LogP contribution in [-0.4, -0.2) is 24.5 Å². The molecule has 0 saturated carbocycles. The normalized spacial score (nSPS) is 22.0. The zero-order chi connectivity index (χ0) is 9.10. The summed E-state index contributed by atoms with van der Waals surface area (Å²) in [5, 5.41) is 12.3. The molecule has 2 rings (SSSR count). The van der Waals surface area contributed by atoms with E-state index in [4.69, 9.17) is 9.84 Å². The minimum atomic E-state index is 0.319. The number of phenols is 1. The molecule has 1 aromatic rings. The third-order valence-corrected chi connectivity index (χ3v) is 2.21. The molecule has 13 heavy (non-hydrogen) atoms. The number of aromatic hydroxyl groups is 1. The third kappa shape index (κ3) is 2.20. The van der Waals surface area contributed by atoms with Gasteiger partial charge in [0.15, 0.2) is 0 Å². The minimum absolute atomic E-state index is 0.319. The molecular weight excluding hydrogens is 166 g/mol. The van der Waals surface area contributed by atoms with Gasteiger partial charge in [-0.05, 0) is 24.1 Å². The Balaban J connectivity index is 1.97. The van der Waals surface area contributed by atoms with Crippen molar-refractivity contribution in [3.63, 3.8) is 0 Å². The summed E-state index contributed by atoms with van der Waals surface area (Å²) in [4.78, 5) is 0. The smallest absolute Gasteiger partial charge is 0.115 e. The quantitative estimate of drug-likeness (QED) is 0.708. The van der Waals surface area contributed by atoms with E-state index in [0.717, 1.165) is 13.0 Å². The monoisotopic (exact) mass is 179 g/mol. The van der Waals surface area contributed by atoms with Crippen molar-refractivity contribution in [2.45, 2.75) is 12.5 Å². The summed E-state index contributed by atoms with van der Waals surface area (Å²) in [5.41, 5.74) is 1.22. The lowest BCUT2D eigenvalue weighted by Gasteiger charge is -2.07. The molecule has 0 unspecified atom stereocenters. The van der Waals surface area contributed by atoms with E-state index in [2.05, 4.69) is 5.32 Å². The van der Waals surface area contributed by atoms with Gasteiger partial charge in [0, 0.05) is 6.04 Å². The molecule has 0 aliphatic carbocycles.